The Bertz CT molecular complexity index is 2390. The van der Waals surface area contributed by atoms with E-state index in [4.69, 9.17) is 0 Å². The molecule has 0 unspecified atom stereocenters. The van der Waals surface area contributed by atoms with Crippen LogP contribution in [0.15, 0.2) is 133 Å². The van der Waals surface area contributed by atoms with Crippen LogP contribution in [0.2, 0.25) is 0 Å². The SMILES string of the molecule is Cn1c2ccccc2c2cccc(-n3c4ccccc4c4c(-n5c6ccccc6c6ccccc65)cccc43)c21. The number of nitrogens with zero attached hydrogens (tertiary/aromatic N) is 3. The van der Waals surface area contributed by atoms with Crippen LogP contribution >= 0.6 is 0 Å². The maximum atomic E-state index is 2.46. The van der Waals surface area contributed by atoms with E-state index in [1.807, 2.05) is 0 Å². The molecule has 40 heavy (non-hydrogen) atoms. The van der Waals surface area contributed by atoms with E-state index in [0.29, 0.717) is 0 Å². The Labute approximate surface area is 230 Å². The highest BCUT2D eigenvalue weighted by Crippen LogP contribution is 2.41. The molecule has 0 atom stereocenters. The summed E-state index contributed by atoms with van der Waals surface area (Å²) in [6.45, 7) is 0. The first kappa shape index (κ1) is 21.6. The van der Waals surface area contributed by atoms with Crippen LogP contribution in [0.25, 0.3) is 76.8 Å². The van der Waals surface area contributed by atoms with Crippen LogP contribution in [0.3, 0.4) is 0 Å². The van der Waals surface area contributed by atoms with Crippen molar-refractivity contribution in [3.05, 3.63) is 133 Å². The first-order valence-corrected chi connectivity index (χ1v) is 13.8. The van der Waals surface area contributed by atoms with Gasteiger partial charge in [0.15, 0.2) is 0 Å². The molecule has 0 fully saturated rings. The van der Waals surface area contributed by atoms with E-state index in [-0.39, 0.29) is 0 Å². The Hall–Kier alpha value is -5.28. The Kier molecular flexibility index (Phi) is 4.26. The van der Waals surface area contributed by atoms with Crippen molar-refractivity contribution in [3.8, 4) is 11.4 Å². The van der Waals surface area contributed by atoms with Gasteiger partial charge in [0.25, 0.3) is 0 Å². The topological polar surface area (TPSA) is 14.8 Å². The van der Waals surface area contributed by atoms with E-state index in [9.17, 15) is 0 Å². The molecule has 0 aliphatic rings. The quantitative estimate of drug-likeness (QED) is 0.219. The average Bonchev–Trinajstić information content (AvgIpc) is 3.63. The number of para-hydroxylation sites is 5. The minimum absolute atomic E-state index is 1.20. The molecule has 3 nitrogen and oxygen atoms in total. The Morgan fingerprint density at radius 2 is 0.775 bits per heavy atom. The number of benzene rings is 6. The molecule has 0 bridgehead atoms. The van der Waals surface area contributed by atoms with E-state index in [0.717, 1.165) is 0 Å². The van der Waals surface area contributed by atoms with Crippen molar-refractivity contribution in [1.29, 1.82) is 0 Å². The molecule has 9 rings (SSSR count). The van der Waals surface area contributed by atoms with Gasteiger partial charge in [-0.25, -0.2) is 0 Å². The number of aryl methyl sites for hydroxylation is 1. The third-order valence-corrected chi connectivity index (χ3v) is 8.64. The van der Waals surface area contributed by atoms with Crippen molar-refractivity contribution < 1.29 is 0 Å². The second-order valence-corrected chi connectivity index (χ2v) is 10.6. The highest BCUT2D eigenvalue weighted by Gasteiger charge is 2.21. The van der Waals surface area contributed by atoms with Gasteiger partial charge >= 0.3 is 0 Å². The first-order valence-electron chi connectivity index (χ1n) is 13.8. The van der Waals surface area contributed by atoms with Gasteiger partial charge in [-0.2, -0.15) is 0 Å². The lowest BCUT2D eigenvalue weighted by molar-refractivity contribution is 1.00. The first-order chi connectivity index (χ1) is 19.8. The number of fused-ring (bicyclic) bond motifs is 9. The molecular formula is C37H25N3. The lowest BCUT2D eigenvalue weighted by Gasteiger charge is -2.13. The molecular weight excluding hydrogens is 486 g/mol. The van der Waals surface area contributed by atoms with Crippen LogP contribution in [0.4, 0.5) is 0 Å². The largest absolute Gasteiger partial charge is 0.342 e. The predicted octanol–water partition coefficient (Wildman–Crippen LogP) is 9.53. The van der Waals surface area contributed by atoms with Gasteiger partial charge in [0.2, 0.25) is 0 Å². The lowest BCUT2D eigenvalue weighted by Crippen LogP contribution is -1.99. The summed E-state index contributed by atoms with van der Waals surface area (Å²) in [5, 5.41) is 7.64. The summed E-state index contributed by atoms with van der Waals surface area (Å²) < 4.78 is 7.25. The van der Waals surface area contributed by atoms with Gasteiger partial charge in [-0.3, -0.25) is 0 Å². The van der Waals surface area contributed by atoms with Gasteiger partial charge in [-0.15, -0.1) is 0 Å². The summed E-state index contributed by atoms with van der Waals surface area (Å²) in [6.07, 6.45) is 0. The zero-order valence-corrected chi connectivity index (χ0v) is 22.0. The summed E-state index contributed by atoms with van der Waals surface area (Å²) in [6, 6.07) is 48.5. The maximum Gasteiger partial charge on any atom is 0.0733 e. The number of hydrogen-bond donors (Lipinski definition) is 0. The summed E-state index contributed by atoms with van der Waals surface area (Å²) in [7, 11) is 2.19. The number of aromatic nitrogens is 3. The van der Waals surface area contributed by atoms with Crippen molar-refractivity contribution in [2.75, 3.05) is 0 Å². The fourth-order valence-corrected chi connectivity index (χ4v) is 7.02. The van der Waals surface area contributed by atoms with Gasteiger partial charge in [0.05, 0.1) is 39.0 Å². The van der Waals surface area contributed by atoms with Crippen LogP contribution in [-0.2, 0) is 7.05 Å². The van der Waals surface area contributed by atoms with Crippen molar-refractivity contribution >= 4 is 65.4 Å². The number of hydrogen-bond acceptors (Lipinski definition) is 0. The Balaban J connectivity index is 1.47. The van der Waals surface area contributed by atoms with Crippen molar-refractivity contribution in [1.82, 2.24) is 13.7 Å². The van der Waals surface area contributed by atoms with E-state index in [2.05, 4.69) is 154 Å². The zero-order valence-electron chi connectivity index (χ0n) is 22.0. The summed E-state index contributed by atoms with van der Waals surface area (Å²) in [4.78, 5) is 0. The van der Waals surface area contributed by atoms with Crippen molar-refractivity contribution in [2.24, 2.45) is 7.05 Å². The standard InChI is InChI=1S/C37H25N3/c1-38-29-17-6-2-14-26(29)27-16-10-23-35(37(27)38)40-32-20-9-5-15-28(32)36-33(21-11-22-34(36)40)39-30-18-7-3-12-24(30)25-13-4-8-19-31(25)39/h2-23H,1H3. The van der Waals surface area contributed by atoms with Crippen LogP contribution in [0.1, 0.15) is 0 Å². The molecule has 0 aliphatic heterocycles. The Morgan fingerprint density at radius 3 is 1.45 bits per heavy atom. The van der Waals surface area contributed by atoms with Crippen LogP contribution in [0, 0.1) is 0 Å². The molecule has 3 heterocycles. The zero-order chi connectivity index (χ0) is 26.4. The molecule has 0 N–H and O–H groups in total. The lowest BCUT2D eigenvalue weighted by atomic mass is 10.1. The molecule has 3 heteroatoms. The second kappa shape index (κ2) is 7.87. The van der Waals surface area contributed by atoms with Gasteiger partial charge in [0.1, 0.15) is 0 Å². The van der Waals surface area contributed by atoms with Crippen LogP contribution in [-0.4, -0.2) is 13.7 Å². The smallest absolute Gasteiger partial charge is 0.0733 e. The average molecular weight is 512 g/mol. The van der Waals surface area contributed by atoms with Gasteiger partial charge < -0.3 is 13.7 Å². The molecule has 0 amide bonds. The minimum Gasteiger partial charge on any atom is -0.342 e. The van der Waals surface area contributed by atoms with Gasteiger partial charge in [0, 0.05) is 44.9 Å². The molecule has 0 saturated heterocycles. The molecule has 0 radical (unpaired) electrons. The third-order valence-electron chi connectivity index (χ3n) is 8.64. The minimum atomic E-state index is 1.20. The summed E-state index contributed by atoms with van der Waals surface area (Å²) in [5.74, 6) is 0. The highest BCUT2D eigenvalue weighted by molar-refractivity contribution is 6.18. The summed E-state index contributed by atoms with van der Waals surface area (Å²) in [5.41, 5.74) is 9.76. The predicted molar refractivity (Wildman–Crippen MR) is 169 cm³/mol. The van der Waals surface area contributed by atoms with Crippen molar-refractivity contribution in [3.63, 3.8) is 0 Å². The van der Waals surface area contributed by atoms with Gasteiger partial charge in [-0.1, -0.05) is 91.0 Å². The van der Waals surface area contributed by atoms with E-state index >= 15 is 0 Å². The molecule has 6 aromatic carbocycles. The fraction of sp³-hybridized carbons (Fsp3) is 0.0270. The molecule has 9 aromatic rings. The van der Waals surface area contributed by atoms with E-state index in [1.54, 1.807) is 0 Å². The number of rotatable bonds is 2. The molecule has 0 spiro atoms. The monoisotopic (exact) mass is 511 g/mol. The van der Waals surface area contributed by atoms with Gasteiger partial charge in [-0.05, 0) is 42.5 Å². The highest BCUT2D eigenvalue weighted by atomic mass is 15.0. The molecule has 3 aromatic heterocycles. The molecule has 188 valence electrons. The summed E-state index contributed by atoms with van der Waals surface area (Å²) >= 11 is 0. The van der Waals surface area contributed by atoms with Crippen molar-refractivity contribution in [2.45, 2.75) is 0 Å². The molecule has 0 saturated carbocycles. The second-order valence-electron chi connectivity index (χ2n) is 10.6. The van der Waals surface area contributed by atoms with E-state index in [1.165, 1.54) is 76.8 Å². The van der Waals surface area contributed by atoms with Crippen LogP contribution in [0.5, 0.6) is 0 Å². The van der Waals surface area contributed by atoms with E-state index < -0.39 is 0 Å². The maximum absolute atomic E-state index is 2.46. The fourth-order valence-electron chi connectivity index (χ4n) is 7.02. The Morgan fingerprint density at radius 1 is 0.350 bits per heavy atom. The third kappa shape index (κ3) is 2.69. The molecule has 0 aliphatic carbocycles. The van der Waals surface area contributed by atoms with Crippen LogP contribution < -0.4 is 0 Å². The normalized spacial score (nSPS) is 12.1.